The first kappa shape index (κ1) is 24.6. The molecule has 0 bridgehead atoms. The molecule has 1 unspecified atom stereocenters. The van der Waals surface area contributed by atoms with Crippen LogP contribution in [-0.2, 0) is 14.8 Å². The highest BCUT2D eigenvalue weighted by molar-refractivity contribution is 7.89. The van der Waals surface area contributed by atoms with Crippen molar-refractivity contribution in [2.45, 2.75) is 43.6 Å². The first-order valence-corrected chi connectivity index (χ1v) is 14.5. The Labute approximate surface area is 214 Å². The number of anilines is 1. The molecule has 2 aliphatic heterocycles. The predicted molar refractivity (Wildman–Crippen MR) is 139 cm³/mol. The first-order valence-electron chi connectivity index (χ1n) is 11.9. The molecule has 3 heterocycles. The number of sulfonamides is 1. The van der Waals surface area contributed by atoms with Crippen LogP contribution in [0.25, 0.3) is 10.2 Å². The van der Waals surface area contributed by atoms with Crippen molar-refractivity contribution in [3.63, 3.8) is 0 Å². The molecule has 0 aliphatic carbocycles. The zero-order chi connectivity index (χ0) is 24.6. The van der Waals surface area contributed by atoms with Crippen LogP contribution in [0.3, 0.4) is 0 Å². The summed E-state index contributed by atoms with van der Waals surface area (Å²) >= 11 is 7.73. The van der Waals surface area contributed by atoms with Crippen LogP contribution in [0, 0.1) is 5.92 Å². The van der Waals surface area contributed by atoms with Gasteiger partial charge < -0.3 is 4.74 Å². The van der Waals surface area contributed by atoms with Gasteiger partial charge in [0.15, 0.2) is 5.13 Å². The molecule has 1 amide bonds. The van der Waals surface area contributed by atoms with E-state index >= 15 is 0 Å². The zero-order valence-electron chi connectivity index (χ0n) is 19.5. The van der Waals surface area contributed by atoms with Gasteiger partial charge in [-0.1, -0.05) is 35.9 Å². The Kier molecular flexibility index (Phi) is 7.14. The van der Waals surface area contributed by atoms with Crippen LogP contribution in [0.5, 0.6) is 0 Å². The predicted octanol–water partition coefficient (Wildman–Crippen LogP) is 5.20. The monoisotopic (exact) mass is 533 g/mol. The van der Waals surface area contributed by atoms with Gasteiger partial charge in [0.05, 0.1) is 27.3 Å². The van der Waals surface area contributed by atoms with E-state index in [1.54, 1.807) is 27.4 Å². The molecule has 1 atom stereocenters. The van der Waals surface area contributed by atoms with E-state index in [1.165, 1.54) is 23.5 Å². The van der Waals surface area contributed by atoms with Gasteiger partial charge in [0.25, 0.3) is 5.91 Å². The molecule has 2 fully saturated rings. The maximum atomic E-state index is 13.6. The minimum absolute atomic E-state index is 0.0671. The van der Waals surface area contributed by atoms with Gasteiger partial charge in [-0.3, -0.25) is 9.69 Å². The fraction of sp³-hybridized carbons (Fsp3) is 0.440. The van der Waals surface area contributed by atoms with Crippen LogP contribution in [-0.4, -0.2) is 56.0 Å². The van der Waals surface area contributed by atoms with Gasteiger partial charge >= 0.3 is 0 Å². The number of halogens is 1. The first-order chi connectivity index (χ1) is 16.8. The number of thiazole rings is 1. The Morgan fingerprint density at radius 2 is 1.91 bits per heavy atom. The van der Waals surface area contributed by atoms with Crippen LogP contribution in [0.2, 0.25) is 5.02 Å². The number of ether oxygens (including phenoxy) is 1. The number of carbonyl (C=O) groups excluding carboxylic acids is 1. The fourth-order valence-electron chi connectivity index (χ4n) is 4.56. The third-order valence-corrected chi connectivity index (χ3v) is 9.99. The molecule has 35 heavy (non-hydrogen) atoms. The number of nitrogens with zero attached hydrogens (tertiary/aromatic N) is 3. The molecule has 0 radical (unpaired) electrons. The lowest BCUT2D eigenvalue weighted by atomic mass is 10.0. The second-order valence-corrected chi connectivity index (χ2v) is 12.6. The summed E-state index contributed by atoms with van der Waals surface area (Å²) in [7, 11) is -3.58. The number of para-hydroxylation sites is 1. The summed E-state index contributed by atoms with van der Waals surface area (Å²) in [5.41, 5.74) is 1.07. The number of rotatable bonds is 6. The Balaban J connectivity index is 1.42. The minimum atomic E-state index is -3.58. The molecule has 10 heteroatoms. The normalized spacial score (nSPS) is 19.9. The van der Waals surface area contributed by atoms with Crippen molar-refractivity contribution < 1.29 is 17.9 Å². The van der Waals surface area contributed by atoms with Crippen LogP contribution in [0.4, 0.5) is 5.13 Å². The van der Waals surface area contributed by atoms with Crippen molar-refractivity contribution >= 4 is 54.2 Å². The molecule has 0 saturated carbocycles. The lowest BCUT2D eigenvalue weighted by Crippen LogP contribution is -2.38. The standard InChI is InChI=1S/C25H28ClN3O4S2/c1-17-11-13-28(14-12-17)35(31,32)20-9-7-18(8-10-20)24(30)29(16-19-4-3-15-33-19)25-27-23-21(26)5-2-6-22(23)34-25/h2,5-10,17,19H,3-4,11-16H2,1H3. The number of hydrogen-bond acceptors (Lipinski definition) is 6. The Morgan fingerprint density at radius 3 is 2.57 bits per heavy atom. The number of piperidine rings is 1. The summed E-state index contributed by atoms with van der Waals surface area (Å²) < 4.78 is 34.4. The molecular formula is C25H28ClN3O4S2. The van der Waals surface area contributed by atoms with Crippen molar-refractivity contribution in [1.29, 1.82) is 0 Å². The fourth-order valence-corrected chi connectivity index (χ4v) is 7.30. The summed E-state index contributed by atoms with van der Waals surface area (Å²) in [4.78, 5) is 20.1. The van der Waals surface area contributed by atoms with Gasteiger partial charge in [-0.2, -0.15) is 4.31 Å². The molecule has 7 nitrogen and oxygen atoms in total. The van der Waals surface area contributed by atoms with Crippen LogP contribution < -0.4 is 4.90 Å². The Hall–Kier alpha value is -2.04. The maximum absolute atomic E-state index is 13.6. The van der Waals surface area contributed by atoms with E-state index in [9.17, 15) is 13.2 Å². The van der Waals surface area contributed by atoms with E-state index in [-0.39, 0.29) is 16.9 Å². The van der Waals surface area contributed by atoms with Crippen molar-refractivity contribution in [3.8, 4) is 0 Å². The van der Waals surface area contributed by atoms with Crippen molar-refractivity contribution in [3.05, 3.63) is 53.1 Å². The summed E-state index contributed by atoms with van der Waals surface area (Å²) in [6.45, 7) is 4.26. The topological polar surface area (TPSA) is 79.8 Å². The van der Waals surface area contributed by atoms with Crippen LogP contribution >= 0.6 is 22.9 Å². The Morgan fingerprint density at radius 1 is 1.17 bits per heavy atom. The van der Waals surface area contributed by atoms with Gasteiger partial charge in [0.2, 0.25) is 10.0 Å². The van der Waals surface area contributed by atoms with E-state index in [0.717, 1.165) is 30.4 Å². The van der Waals surface area contributed by atoms with Gasteiger partial charge in [0.1, 0.15) is 5.52 Å². The average molecular weight is 534 g/mol. The van der Waals surface area contributed by atoms with Crippen molar-refractivity contribution in [2.75, 3.05) is 31.1 Å². The molecule has 3 aromatic rings. The zero-order valence-corrected chi connectivity index (χ0v) is 21.9. The number of aromatic nitrogens is 1. The molecule has 1 aromatic heterocycles. The highest BCUT2D eigenvalue weighted by Crippen LogP contribution is 2.34. The largest absolute Gasteiger partial charge is 0.376 e. The number of carbonyl (C=O) groups is 1. The SMILES string of the molecule is CC1CCN(S(=O)(=O)c2ccc(C(=O)N(CC3CCCO3)c3nc4c(Cl)cccc4s3)cc2)CC1. The lowest BCUT2D eigenvalue weighted by molar-refractivity contribution is 0.0917. The minimum Gasteiger partial charge on any atom is -0.376 e. The number of hydrogen-bond donors (Lipinski definition) is 0. The number of fused-ring (bicyclic) bond motifs is 1. The molecule has 2 aliphatic rings. The maximum Gasteiger partial charge on any atom is 0.260 e. The quantitative estimate of drug-likeness (QED) is 0.435. The molecule has 2 aromatic carbocycles. The molecular weight excluding hydrogens is 506 g/mol. The highest BCUT2D eigenvalue weighted by atomic mass is 35.5. The third-order valence-electron chi connectivity index (χ3n) is 6.73. The molecule has 0 N–H and O–H groups in total. The van der Waals surface area contributed by atoms with E-state index in [2.05, 4.69) is 11.9 Å². The van der Waals surface area contributed by atoms with Gasteiger partial charge in [0, 0.05) is 25.3 Å². The third kappa shape index (κ3) is 5.11. The van der Waals surface area contributed by atoms with E-state index in [4.69, 9.17) is 16.3 Å². The van der Waals surface area contributed by atoms with Crippen molar-refractivity contribution in [2.24, 2.45) is 5.92 Å². The van der Waals surface area contributed by atoms with E-state index in [1.807, 2.05) is 12.1 Å². The van der Waals surface area contributed by atoms with E-state index in [0.29, 0.717) is 53.4 Å². The average Bonchev–Trinajstić information content (AvgIpc) is 3.53. The summed E-state index contributed by atoms with van der Waals surface area (Å²) in [5, 5.41) is 1.09. The molecule has 2 saturated heterocycles. The lowest BCUT2D eigenvalue weighted by Gasteiger charge is -2.29. The number of amides is 1. The summed E-state index contributed by atoms with van der Waals surface area (Å²) in [6.07, 6.45) is 3.49. The van der Waals surface area contributed by atoms with Gasteiger partial charge in [-0.25, -0.2) is 13.4 Å². The Bertz CT molecular complexity index is 1310. The number of benzene rings is 2. The van der Waals surface area contributed by atoms with Gasteiger partial charge in [-0.05, 0) is 68.0 Å². The molecule has 0 spiro atoms. The molecule has 5 rings (SSSR count). The summed E-state index contributed by atoms with van der Waals surface area (Å²) in [5.74, 6) is 0.292. The second kappa shape index (κ2) is 10.1. The highest BCUT2D eigenvalue weighted by Gasteiger charge is 2.30. The molecule has 186 valence electrons. The second-order valence-electron chi connectivity index (χ2n) is 9.24. The van der Waals surface area contributed by atoms with Crippen LogP contribution in [0.15, 0.2) is 47.4 Å². The van der Waals surface area contributed by atoms with Crippen molar-refractivity contribution in [1.82, 2.24) is 9.29 Å². The smallest absolute Gasteiger partial charge is 0.260 e. The summed E-state index contributed by atoms with van der Waals surface area (Å²) in [6, 6.07) is 11.8. The van der Waals surface area contributed by atoms with Gasteiger partial charge in [-0.15, -0.1) is 0 Å². The van der Waals surface area contributed by atoms with Crippen LogP contribution in [0.1, 0.15) is 43.0 Å². The van der Waals surface area contributed by atoms with E-state index < -0.39 is 10.0 Å².